The van der Waals surface area contributed by atoms with E-state index in [1.165, 1.54) is 12.8 Å². The van der Waals surface area contributed by atoms with Gasteiger partial charge in [-0.15, -0.1) is 0 Å². The Balaban J connectivity index is 1.52. The molecule has 0 atom stereocenters. The molecule has 6 nitrogen and oxygen atoms in total. The number of methoxy groups -OCH3 is 1. The number of hydrogen-bond acceptors (Lipinski definition) is 4. The van der Waals surface area contributed by atoms with Gasteiger partial charge in [-0.1, -0.05) is 18.2 Å². The van der Waals surface area contributed by atoms with E-state index in [4.69, 9.17) is 9.47 Å². The van der Waals surface area contributed by atoms with Gasteiger partial charge < -0.3 is 20.1 Å². The van der Waals surface area contributed by atoms with Crippen molar-refractivity contribution in [3.8, 4) is 11.6 Å². The molecular formula is C21H28N4O2. The molecule has 0 spiro atoms. The normalized spacial score (nSPS) is 13.9. The summed E-state index contributed by atoms with van der Waals surface area (Å²) in [6.07, 6.45) is 4.39. The summed E-state index contributed by atoms with van der Waals surface area (Å²) < 4.78 is 10.9. The smallest absolute Gasteiger partial charge is 0.213 e. The van der Waals surface area contributed by atoms with Crippen LogP contribution >= 0.6 is 0 Å². The van der Waals surface area contributed by atoms with Crippen LogP contribution < -0.4 is 20.1 Å². The summed E-state index contributed by atoms with van der Waals surface area (Å²) in [6, 6.07) is 11.9. The molecule has 27 heavy (non-hydrogen) atoms. The van der Waals surface area contributed by atoms with Crippen LogP contribution in [0.25, 0.3) is 0 Å². The van der Waals surface area contributed by atoms with Crippen LogP contribution in [-0.2, 0) is 13.1 Å². The molecule has 0 radical (unpaired) electrons. The quantitative estimate of drug-likeness (QED) is 0.526. The van der Waals surface area contributed by atoms with E-state index in [0.29, 0.717) is 19.0 Å². The zero-order valence-corrected chi connectivity index (χ0v) is 16.1. The number of hydrogen-bond donors (Lipinski definition) is 2. The fourth-order valence-corrected chi connectivity index (χ4v) is 2.56. The van der Waals surface area contributed by atoms with Crippen molar-refractivity contribution in [2.75, 3.05) is 20.3 Å². The van der Waals surface area contributed by atoms with Crippen molar-refractivity contribution in [1.82, 2.24) is 15.6 Å². The van der Waals surface area contributed by atoms with E-state index in [-0.39, 0.29) is 0 Å². The maximum Gasteiger partial charge on any atom is 0.213 e. The first-order valence-corrected chi connectivity index (χ1v) is 9.49. The van der Waals surface area contributed by atoms with Crippen LogP contribution in [0.1, 0.15) is 30.9 Å². The molecule has 0 bridgehead atoms. The molecule has 2 aromatic rings. The Labute approximate surface area is 161 Å². The van der Waals surface area contributed by atoms with E-state index in [0.717, 1.165) is 41.9 Å². The van der Waals surface area contributed by atoms with Gasteiger partial charge in [0.25, 0.3) is 0 Å². The summed E-state index contributed by atoms with van der Waals surface area (Å²) in [5.41, 5.74) is 2.19. The molecule has 1 aliphatic rings. The molecular weight excluding hydrogens is 340 g/mol. The van der Waals surface area contributed by atoms with E-state index in [1.54, 1.807) is 7.11 Å². The van der Waals surface area contributed by atoms with Gasteiger partial charge in [-0.05, 0) is 48.9 Å². The molecule has 144 valence electrons. The third-order valence-corrected chi connectivity index (χ3v) is 4.32. The number of nitrogens with zero attached hydrogens (tertiary/aromatic N) is 2. The van der Waals surface area contributed by atoms with Crippen molar-refractivity contribution < 1.29 is 9.47 Å². The molecule has 3 rings (SSSR count). The molecule has 1 heterocycles. The highest BCUT2D eigenvalue weighted by molar-refractivity contribution is 5.79. The highest BCUT2D eigenvalue weighted by Crippen LogP contribution is 2.29. The number of ether oxygens (including phenoxy) is 2. The van der Waals surface area contributed by atoms with Gasteiger partial charge in [-0.2, -0.15) is 0 Å². The maximum atomic E-state index is 5.67. The van der Waals surface area contributed by atoms with Gasteiger partial charge in [0.15, 0.2) is 5.96 Å². The summed E-state index contributed by atoms with van der Waals surface area (Å²) in [4.78, 5) is 9.01. The molecule has 0 aliphatic heterocycles. The highest BCUT2D eigenvalue weighted by Gasteiger charge is 2.21. The molecule has 6 heteroatoms. The van der Waals surface area contributed by atoms with Crippen LogP contribution in [0.3, 0.4) is 0 Å². The van der Waals surface area contributed by atoms with Crippen molar-refractivity contribution in [2.24, 2.45) is 10.9 Å². The van der Waals surface area contributed by atoms with Crippen LogP contribution in [0.4, 0.5) is 0 Å². The lowest BCUT2D eigenvalue weighted by Gasteiger charge is -2.12. The van der Waals surface area contributed by atoms with Crippen LogP contribution in [0.2, 0.25) is 0 Å². The maximum absolute atomic E-state index is 5.67. The Bertz CT molecular complexity index is 742. The van der Waals surface area contributed by atoms with Gasteiger partial charge in [-0.3, -0.25) is 0 Å². The first-order chi connectivity index (χ1) is 13.3. The Hall–Kier alpha value is -2.76. The molecule has 1 aromatic carbocycles. The van der Waals surface area contributed by atoms with E-state index in [1.807, 2.05) is 36.5 Å². The number of nitrogens with one attached hydrogen (secondary N) is 2. The summed E-state index contributed by atoms with van der Waals surface area (Å²) in [5.74, 6) is 3.05. The second kappa shape index (κ2) is 9.80. The largest absolute Gasteiger partial charge is 0.497 e. The lowest BCUT2D eigenvalue weighted by molar-refractivity contribution is 0.288. The fraction of sp³-hybridized carbons (Fsp3) is 0.429. The van der Waals surface area contributed by atoms with E-state index < -0.39 is 0 Å². The fourth-order valence-electron chi connectivity index (χ4n) is 2.56. The third kappa shape index (κ3) is 6.47. The van der Waals surface area contributed by atoms with Crippen molar-refractivity contribution in [2.45, 2.75) is 32.9 Å². The number of benzene rings is 1. The summed E-state index contributed by atoms with van der Waals surface area (Å²) >= 11 is 0. The van der Waals surface area contributed by atoms with Gasteiger partial charge in [-0.25, -0.2) is 9.98 Å². The van der Waals surface area contributed by atoms with Crippen molar-refractivity contribution >= 4 is 5.96 Å². The van der Waals surface area contributed by atoms with Crippen molar-refractivity contribution in [1.29, 1.82) is 0 Å². The average molecular weight is 368 g/mol. The highest BCUT2D eigenvalue weighted by atomic mass is 16.5. The number of rotatable bonds is 9. The number of aliphatic imine (C=N–C) groups is 1. The SMILES string of the molecule is CCNC(=NCc1ccc(OCC2CC2)nc1)NCc1cccc(OC)c1. The predicted molar refractivity (Wildman–Crippen MR) is 107 cm³/mol. The monoisotopic (exact) mass is 368 g/mol. The molecule has 1 saturated carbocycles. The average Bonchev–Trinajstić information content (AvgIpc) is 3.54. The second-order valence-corrected chi connectivity index (χ2v) is 6.66. The molecule has 0 unspecified atom stereocenters. The lowest BCUT2D eigenvalue weighted by Crippen LogP contribution is -2.36. The van der Waals surface area contributed by atoms with Crippen molar-refractivity contribution in [3.63, 3.8) is 0 Å². The summed E-state index contributed by atoms with van der Waals surface area (Å²) in [5, 5.41) is 6.61. The minimum Gasteiger partial charge on any atom is -0.497 e. The lowest BCUT2D eigenvalue weighted by atomic mass is 10.2. The van der Waals surface area contributed by atoms with Crippen LogP contribution in [0.5, 0.6) is 11.6 Å². The zero-order chi connectivity index (χ0) is 18.9. The molecule has 1 aliphatic carbocycles. The van der Waals surface area contributed by atoms with Crippen LogP contribution in [0.15, 0.2) is 47.6 Å². The topological polar surface area (TPSA) is 67.8 Å². The Morgan fingerprint density at radius 3 is 2.78 bits per heavy atom. The minimum absolute atomic E-state index is 0.559. The number of pyridine rings is 1. The van der Waals surface area contributed by atoms with Crippen LogP contribution in [-0.4, -0.2) is 31.2 Å². The predicted octanol–water partition coefficient (Wildman–Crippen LogP) is 3.13. The Kier molecular flexibility index (Phi) is 6.90. The number of aromatic nitrogens is 1. The Morgan fingerprint density at radius 2 is 2.07 bits per heavy atom. The summed E-state index contributed by atoms with van der Waals surface area (Å²) in [6.45, 7) is 4.87. The first kappa shape index (κ1) is 19.0. The van der Waals surface area contributed by atoms with Gasteiger partial charge in [0, 0.05) is 25.4 Å². The van der Waals surface area contributed by atoms with Gasteiger partial charge >= 0.3 is 0 Å². The van der Waals surface area contributed by atoms with E-state index in [2.05, 4.69) is 33.6 Å². The molecule has 1 fully saturated rings. The van der Waals surface area contributed by atoms with Gasteiger partial charge in [0.1, 0.15) is 5.75 Å². The first-order valence-electron chi connectivity index (χ1n) is 9.49. The minimum atomic E-state index is 0.559. The van der Waals surface area contributed by atoms with Crippen LogP contribution in [0, 0.1) is 5.92 Å². The zero-order valence-electron chi connectivity index (χ0n) is 16.1. The van der Waals surface area contributed by atoms with Gasteiger partial charge in [0.2, 0.25) is 5.88 Å². The second-order valence-electron chi connectivity index (χ2n) is 6.66. The molecule has 1 aromatic heterocycles. The standard InChI is InChI=1S/C21H28N4O2/c1-3-22-21(24-12-17-5-4-6-19(11-17)26-2)25-14-18-9-10-20(23-13-18)27-15-16-7-8-16/h4-6,9-11,13,16H,3,7-8,12,14-15H2,1-2H3,(H2,22,24,25). The number of guanidine groups is 1. The van der Waals surface area contributed by atoms with Gasteiger partial charge in [0.05, 0.1) is 20.3 Å². The van der Waals surface area contributed by atoms with E-state index >= 15 is 0 Å². The molecule has 2 N–H and O–H groups in total. The molecule has 0 saturated heterocycles. The summed E-state index contributed by atoms with van der Waals surface area (Å²) in [7, 11) is 1.67. The molecule has 0 amide bonds. The van der Waals surface area contributed by atoms with Crippen molar-refractivity contribution in [3.05, 3.63) is 53.7 Å². The Morgan fingerprint density at radius 1 is 1.19 bits per heavy atom. The van der Waals surface area contributed by atoms with E-state index in [9.17, 15) is 0 Å². The third-order valence-electron chi connectivity index (χ3n) is 4.32.